The summed E-state index contributed by atoms with van der Waals surface area (Å²) in [5.41, 5.74) is 0. The summed E-state index contributed by atoms with van der Waals surface area (Å²) in [6, 6.07) is 6.10. The lowest BCUT2D eigenvalue weighted by atomic mass is 10.3. The van der Waals surface area contributed by atoms with Gasteiger partial charge in [-0.1, -0.05) is 6.07 Å². The van der Waals surface area contributed by atoms with Crippen molar-refractivity contribution in [1.82, 2.24) is 4.98 Å². The van der Waals surface area contributed by atoms with Crippen molar-refractivity contribution in [2.45, 2.75) is 13.5 Å². The SMILES string of the molecule is Cc1cnc(COc2cccc(F)c2)s1. The van der Waals surface area contributed by atoms with Gasteiger partial charge in [0, 0.05) is 17.1 Å². The van der Waals surface area contributed by atoms with Crippen molar-refractivity contribution in [1.29, 1.82) is 0 Å². The van der Waals surface area contributed by atoms with Crippen molar-refractivity contribution >= 4 is 11.3 Å². The van der Waals surface area contributed by atoms with Crippen LogP contribution in [0.2, 0.25) is 0 Å². The Hall–Kier alpha value is -1.42. The molecule has 1 heterocycles. The number of thiazole rings is 1. The maximum atomic E-state index is 12.8. The highest BCUT2D eigenvalue weighted by molar-refractivity contribution is 7.11. The maximum absolute atomic E-state index is 12.8. The van der Waals surface area contributed by atoms with Crippen LogP contribution in [0.5, 0.6) is 5.75 Å². The molecular weight excluding hydrogens is 213 g/mol. The third kappa shape index (κ3) is 2.76. The predicted molar refractivity (Wildman–Crippen MR) is 57.6 cm³/mol. The first-order valence-electron chi connectivity index (χ1n) is 4.54. The Bertz CT molecular complexity index is 455. The summed E-state index contributed by atoms with van der Waals surface area (Å²) in [6.07, 6.45) is 1.80. The number of ether oxygens (including phenoxy) is 1. The Morgan fingerprint density at radius 2 is 2.33 bits per heavy atom. The first-order chi connectivity index (χ1) is 7.24. The van der Waals surface area contributed by atoms with Crippen LogP contribution >= 0.6 is 11.3 Å². The van der Waals surface area contributed by atoms with E-state index in [2.05, 4.69) is 4.98 Å². The number of hydrogen-bond donors (Lipinski definition) is 0. The minimum absolute atomic E-state index is 0.289. The van der Waals surface area contributed by atoms with Gasteiger partial charge in [-0.2, -0.15) is 0 Å². The quantitative estimate of drug-likeness (QED) is 0.797. The molecule has 0 aliphatic carbocycles. The van der Waals surface area contributed by atoms with Crippen LogP contribution in [0.4, 0.5) is 4.39 Å². The normalized spacial score (nSPS) is 10.3. The summed E-state index contributed by atoms with van der Waals surface area (Å²) < 4.78 is 18.2. The van der Waals surface area contributed by atoms with Crippen molar-refractivity contribution in [2.75, 3.05) is 0 Å². The van der Waals surface area contributed by atoms with Gasteiger partial charge in [0.15, 0.2) is 0 Å². The van der Waals surface area contributed by atoms with Crippen LogP contribution in [-0.4, -0.2) is 4.98 Å². The van der Waals surface area contributed by atoms with E-state index < -0.39 is 0 Å². The van der Waals surface area contributed by atoms with E-state index in [4.69, 9.17) is 4.74 Å². The van der Waals surface area contributed by atoms with Gasteiger partial charge in [-0.3, -0.25) is 0 Å². The molecule has 0 bridgehead atoms. The first-order valence-corrected chi connectivity index (χ1v) is 5.35. The molecule has 1 aromatic heterocycles. The molecule has 0 amide bonds. The molecule has 0 spiro atoms. The minimum atomic E-state index is -0.289. The average molecular weight is 223 g/mol. The van der Waals surface area contributed by atoms with Crippen LogP contribution in [0.15, 0.2) is 30.5 Å². The van der Waals surface area contributed by atoms with E-state index >= 15 is 0 Å². The molecule has 0 saturated heterocycles. The van der Waals surface area contributed by atoms with E-state index in [1.165, 1.54) is 12.1 Å². The lowest BCUT2D eigenvalue weighted by molar-refractivity contribution is 0.304. The van der Waals surface area contributed by atoms with Crippen molar-refractivity contribution in [3.05, 3.63) is 46.2 Å². The van der Waals surface area contributed by atoms with Gasteiger partial charge >= 0.3 is 0 Å². The summed E-state index contributed by atoms with van der Waals surface area (Å²) in [5.74, 6) is 0.241. The Morgan fingerprint density at radius 1 is 1.47 bits per heavy atom. The van der Waals surface area contributed by atoms with Crippen LogP contribution in [0, 0.1) is 12.7 Å². The van der Waals surface area contributed by atoms with E-state index in [0.29, 0.717) is 12.4 Å². The Kier molecular flexibility index (Phi) is 2.97. The summed E-state index contributed by atoms with van der Waals surface area (Å²) in [5, 5.41) is 0.900. The molecule has 4 heteroatoms. The van der Waals surface area contributed by atoms with E-state index in [-0.39, 0.29) is 5.82 Å². The number of hydrogen-bond acceptors (Lipinski definition) is 3. The van der Waals surface area contributed by atoms with Crippen molar-refractivity contribution < 1.29 is 9.13 Å². The Labute approximate surface area is 91.4 Å². The van der Waals surface area contributed by atoms with Crippen LogP contribution in [0.1, 0.15) is 9.88 Å². The second-order valence-corrected chi connectivity index (χ2v) is 4.43. The lowest BCUT2D eigenvalue weighted by Gasteiger charge is -2.02. The molecular formula is C11H10FNOS. The molecule has 2 rings (SSSR count). The number of aromatic nitrogens is 1. The second-order valence-electron chi connectivity index (χ2n) is 3.11. The fourth-order valence-electron chi connectivity index (χ4n) is 1.17. The summed E-state index contributed by atoms with van der Waals surface area (Å²) >= 11 is 1.58. The molecule has 0 aliphatic heterocycles. The fraction of sp³-hybridized carbons (Fsp3) is 0.182. The smallest absolute Gasteiger partial charge is 0.140 e. The van der Waals surface area contributed by atoms with E-state index in [0.717, 1.165) is 9.88 Å². The number of aryl methyl sites for hydroxylation is 1. The van der Waals surface area contributed by atoms with E-state index in [9.17, 15) is 4.39 Å². The van der Waals surface area contributed by atoms with Crippen molar-refractivity contribution in [2.24, 2.45) is 0 Å². The monoisotopic (exact) mass is 223 g/mol. The topological polar surface area (TPSA) is 22.1 Å². The number of halogens is 1. The van der Waals surface area contributed by atoms with Crippen LogP contribution in [-0.2, 0) is 6.61 Å². The molecule has 78 valence electrons. The zero-order valence-electron chi connectivity index (χ0n) is 8.24. The van der Waals surface area contributed by atoms with E-state index in [1.807, 2.05) is 6.92 Å². The highest BCUT2D eigenvalue weighted by Gasteiger charge is 2.00. The van der Waals surface area contributed by atoms with Gasteiger partial charge in [0.1, 0.15) is 23.2 Å². The predicted octanol–water partition coefficient (Wildman–Crippen LogP) is 3.17. The maximum Gasteiger partial charge on any atom is 0.140 e. The van der Waals surface area contributed by atoms with E-state index in [1.54, 1.807) is 29.7 Å². The standard InChI is InChI=1S/C11H10FNOS/c1-8-6-13-11(15-8)7-14-10-4-2-3-9(12)5-10/h2-6H,7H2,1H3. The molecule has 0 saturated carbocycles. The number of rotatable bonds is 3. The zero-order valence-corrected chi connectivity index (χ0v) is 9.05. The second kappa shape index (κ2) is 4.40. The van der Waals surface area contributed by atoms with Gasteiger partial charge in [0.2, 0.25) is 0 Å². The Balaban J connectivity index is 1.99. The summed E-state index contributed by atoms with van der Waals surface area (Å²) in [7, 11) is 0. The van der Waals surface area contributed by atoms with Gasteiger partial charge in [0.05, 0.1) is 0 Å². The van der Waals surface area contributed by atoms with Gasteiger partial charge in [0.25, 0.3) is 0 Å². The van der Waals surface area contributed by atoms with Crippen LogP contribution in [0.3, 0.4) is 0 Å². The zero-order chi connectivity index (χ0) is 10.7. The van der Waals surface area contributed by atoms with Gasteiger partial charge < -0.3 is 4.74 Å². The highest BCUT2D eigenvalue weighted by Crippen LogP contribution is 2.16. The minimum Gasteiger partial charge on any atom is -0.486 e. The summed E-state index contributed by atoms with van der Waals surface area (Å²) in [6.45, 7) is 2.38. The molecule has 0 aliphatic rings. The van der Waals surface area contributed by atoms with Gasteiger partial charge in [-0.05, 0) is 19.1 Å². The molecule has 0 atom stereocenters. The molecule has 0 fully saturated rings. The van der Waals surface area contributed by atoms with Crippen molar-refractivity contribution in [3.8, 4) is 5.75 Å². The Morgan fingerprint density at radius 3 is 3.00 bits per heavy atom. The highest BCUT2D eigenvalue weighted by atomic mass is 32.1. The third-order valence-corrected chi connectivity index (χ3v) is 2.71. The van der Waals surface area contributed by atoms with Crippen LogP contribution < -0.4 is 4.74 Å². The molecule has 15 heavy (non-hydrogen) atoms. The molecule has 1 aromatic carbocycles. The number of benzene rings is 1. The fourth-order valence-corrected chi connectivity index (χ4v) is 1.87. The van der Waals surface area contributed by atoms with Gasteiger partial charge in [-0.25, -0.2) is 9.37 Å². The first kappa shape index (κ1) is 10.1. The lowest BCUT2D eigenvalue weighted by Crippen LogP contribution is -1.94. The van der Waals surface area contributed by atoms with Gasteiger partial charge in [-0.15, -0.1) is 11.3 Å². The largest absolute Gasteiger partial charge is 0.486 e. The number of nitrogens with zero attached hydrogens (tertiary/aromatic N) is 1. The molecule has 2 aromatic rings. The van der Waals surface area contributed by atoms with Crippen LogP contribution in [0.25, 0.3) is 0 Å². The molecule has 0 unspecified atom stereocenters. The van der Waals surface area contributed by atoms with Crippen molar-refractivity contribution in [3.63, 3.8) is 0 Å². The third-order valence-electron chi connectivity index (χ3n) is 1.83. The molecule has 0 N–H and O–H groups in total. The average Bonchev–Trinajstić information content (AvgIpc) is 2.62. The summed E-state index contributed by atoms with van der Waals surface area (Å²) in [4.78, 5) is 5.30. The molecule has 0 radical (unpaired) electrons. The molecule has 2 nitrogen and oxygen atoms in total.